The second-order valence-corrected chi connectivity index (χ2v) is 5.54. The van der Waals surface area contributed by atoms with Gasteiger partial charge in [-0.25, -0.2) is 0 Å². The monoisotopic (exact) mass is 296 g/mol. The number of carbonyl (C=O) groups is 1. The van der Waals surface area contributed by atoms with E-state index in [1.807, 2.05) is 11.9 Å². The highest BCUT2D eigenvalue weighted by Crippen LogP contribution is 2.24. The number of nitrogens with one attached hydrogen (secondary N) is 1. The molecule has 0 bridgehead atoms. The molecule has 4 nitrogen and oxygen atoms in total. The predicted octanol–water partition coefficient (Wildman–Crippen LogP) is 2.10. The fourth-order valence-electron chi connectivity index (χ4n) is 2.60. The number of rotatable bonds is 4. The van der Waals surface area contributed by atoms with Crippen molar-refractivity contribution < 1.29 is 9.53 Å². The summed E-state index contributed by atoms with van der Waals surface area (Å²) < 4.78 is 5.29. The SMILES string of the molecule is CNC1CCCN(C(=O)Cc2cc(Cl)ccc2OC)C1. The number of piperidine rings is 1. The minimum absolute atomic E-state index is 0.130. The van der Waals surface area contributed by atoms with Gasteiger partial charge in [0.1, 0.15) is 5.75 Å². The molecule has 1 heterocycles. The highest BCUT2D eigenvalue weighted by Gasteiger charge is 2.23. The molecule has 1 unspecified atom stereocenters. The van der Waals surface area contributed by atoms with Gasteiger partial charge in [0.25, 0.3) is 0 Å². The zero-order valence-electron chi connectivity index (χ0n) is 12.0. The minimum Gasteiger partial charge on any atom is -0.496 e. The highest BCUT2D eigenvalue weighted by molar-refractivity contribution is 6.30. The zero-order valence-corrected chi connectivity index (χ0v) is 12.7. The van der Waals surface area contributed by atoms with Gasteiger partial charge in [-0.15, -0.1) is 0 Å². The number of hydrogen-bond acceptors (Lipinski definition) is 3. The summed E-state index contributed by atoms with van der Waals surface area (Å²) in [7, 11) is 3.55. The number of likely N-dealkylation sites (tertiary alicyclic amines) is 1. The van der Waals surface area contributed by atoms with E-state index in [0.29, 0.717) is 23.2 Å². The van der Waals surface area contributed by atoms with Crippen LogP contribution in [0, 0.1) is 0 Å². The van der Waals surface area contributed by atoms with Crippen molar-refractivity contribution in [1.82, 2.24) is 10.2 Å². The topological polar surface area (TPSA) is 41.6 Å². The van der Waals surface area contributed by atoms with Crippen LogP contribution in [0.4, 0.5) is 0 Å². The number of methoxy groups -OCH3 is 1. The molecule has 1 atom stereocenters. The Hall–Kier alpha value is -1.26. The van der Waals surface area contributed by atoms with Crippen LogP contribution in [0.15, 0.2) is 18.2 Å². The molecule has 2 rings (SSSR count). The molecule has 1 aliphatic rings. The van der Waals surface area contributed by atoms with Gasteiger partial charge in [0.15, 0.2) is 0 Å². The molecule has 5 heteroatoms. The third kappa shape index (κ3) is 3.64. The second-order valence-electron chi connectivity index (χ2n) is 5.10. The van der Waals surface area contributed by atoms with Gasteiger partial charge < -0.3 is 15.0 Å². The van der Waals surface area contributed by atoms with Crippen LogP contribution in [0.5, 0.6) is 5.75 Å². The maximum Gasteiger partial charge on any atom is 0.227 e. The maximum atomic E-state index is 12.4. The Morgan fingerprint density at radius 1 is 1.55 bits per heavy atom. The van der Waals surface area contributed by atoms with Crippen molar-refractivity contribution in [2.75, 3.05) is 27.2 Å². The molecule has 0 spiro atoms. The smallest absolute Gasteiger partial charge is 0.227 e. The molecule has 1 saturated heterocycles. The third-order valence-corrected chi connectivity index (χ3v) is 4.00. The minimum atomic E-state index is 0.130. The van der Waals surface area contributed by atoms with Crippen LogP contribution in [0.2, 0.25) is 5.02 Å². The molecule has 1 fully saturated rings. The Bertz CT molecular complexity index is 479. The van der Waals surface area contributed by atoms with Crippen molar-refractivity contribution in [3.05, 3.63) is 28.8 Å². The van der Waals surface area contributed by atoms with Gasteiger partial charge in [-0.05, 0) is 38.1 Å². The van der Waals surface area contributed by atoms with Gasteiger partial charge in [-0.3, -0.25) is 4.79 Å². The lowest BCUT2D eigenvalue weighted by Crippen LogP contribution is -2.47. The van der Waals surface area contributed by atoms with E-state index in [1.54, 1.807) is 25.3 Å². The van der Waals surface area contributed by atoms with Crippen molar-refractivity contribution in [2.45, 2.75) is 25.3 Å². The summed E-state index contributed by atoms with van der Waals surface area (Å²) in [5.74, 6) is 0.843. The van der Waals surface area contributed by atoms with Crippen LogP contribution in [-0.2, 0) is 11.2 Å². The Balaban J connectivity index is 2.05. The number of amides is 1. The molecule has 1 aromatic carbocycles. The molecule has 0 aliphatic carbocycles. The number of hydrogen-bond donors (Lipinski definition) is 1. The third-order valence-electron chi connectivity index (χ3n) is 3.77. The summed E-state index contributed by atoms with van der Waals surface area (Å²) >= 11 is 6.00. The van der Waals surface area contributed by atoms with Crippen LogP contribution in [0.1, 0.15) is 18.4 Å². The van der Waals surface area contributed by atoms with E-state index in [2.05, 4.69) is 5.32 Å². The summed E-state index contributed by atoms with van der Waals surface area (Å²) in [6.07, 6.45) is 2.50. The molecule has 0 saturated carbocycles. The Labute approximate surface area is 125 Å². The number of nitrogens with zero attached hydrogens (tertiary/aromatic N) is 1. The number of halogens is 1. The molecule has 1 aromatic rings. The first-order valence-corrected chi connectivity index (χ1v) is 7.29. The molecule has 1 amide bonds. The van der Waals surface area contributed by atoms with Crippen LogP contribution in [0.25, 0.3) is 0 Å². The van der Waals surface area contributed by atoms with Crippen molar-refractivity contribution >= 4 is 17.5 Å². The van der Waals surface area contributed by atoms with Gasteiger partial charge in [0.2, 0.25) is 5.91 Å². The Morgan fingerprint density at radius 3 is 3.05 bits per heavy atom. The molecule has 20 heavy (non-hydrogen) atoms. The van der Waals surface area contributed by atoms with Crippen LogP contribution < -0.4 is 10.1 Å². The maximum absolute atomic E-state index is 12.4. The molecule has 1 aliphatic heterocycles. The van der Waals surface area contributed by atoms with E-state index >= 15 is 0 Å². The fourth-order valence-corrected chi connectivity index (χ4v) is 2.79. The van der Waals surface area contributed by atoms with E-state index in [0.717, 1.165) is 31.5 Å². The average Bonchev–Trinajstić information content (AvgIpc) is 2.47. The molecule has 0 aromatic heterocycles. The van der Waals surface area contributed by atoms with Gasteiger partial charge in [0.05, 0.1) is 13.5 Å². The summed E-state index contributed by atoms with van der Waals surface area (Å²) in [4.78, 5) is 14.3. The normalized spacial score (nSPS) is 18.9. The Kier molecular flexibility index (Phi) is 5.26. The number of ether oxygens (including phenoxy) is 1. The first kappa shape index (κ1) is 15.1. The van der Waals surface area contributed by atoms with E-state index in [1.165, 1.54) is 0 Å². The zero-order chi connectivity index (χ0) is 14.5. The Morgan fingerprint density at radius 2 is 2.35 bits per heavy atom. The largest absolute Gasteiger partial charge is 0.496 e. The van der Waals surface area contributed by atoms with Crippen molar-refractivity contribution in [2.24, 2.45) is 0 Å². The second kappa shape index (κ2) is 6.95. The lowest BCUT2D eigenvalue weighted by atomic mass is 10.0. The van der Waals surface area contributed by atoms with Gasteiger partial charge in [-0.2, -0.15) is 0 Å². The van der Waals surface area contributed by atoms with Crippen molar-refractivity contribution in [1.29, 1.82) is 0 Å². The predicted molar refractivity (Wildman–Crippen MR) is 80.4 cm³/mol. The number of likely N-dealkylation sites (N-methyl/N-ethyl adjacent to an activating group) is 1. The number of carbonyl (C=O) groups excluding carboxylic acids is 1. The number of benzene rings is 1. The molecular weight excluding hydrogens is 276 g/mol. The molecule has 1 N–H and O–H groups in total. The lowest BCUT2D eigenvalue weighted by Gasteiger charge is -2.32. The standard InChI is InChI=1S/C15H21ClN2O2/c1-17-13-4-3-7-18(10-13)15(19)9-11-8-12(16)5-6-14(11)20-2/h5-6,8,13,17H,3-4,7,9-10H2,1-2H3. The molecule has 110 valence electrons. The lowest BCUT2D eigenvalue weighted by molar-refractivity contribution is -0.131. The summed E-state index contributed by atoms with van der Waals surface area (Å²) in [5, 5.41) is 3.87. The summed E-state index contributed by atoms with van der Waals surface area (Å²) in [6, 6.07) is 5.77. The van der Waals surface area contributed by atoms with Gasteiger partial charge >= 0.3 is 0 Å². The molecular formula is C15H21ClN2O2. The van der Waals surface area contributed by atoms with Crippen LogP contribution in [0.3, 0.4) is 0 Å². The quantitative estimate of drug-likeness (QED) is 0.925. The molecule has 0 radical (unpaired) electrons. The van der Waals surface area contributed by atoms with Crippen LogP contribution in [-0.4, -0.2) is 44.1 Å². The van der Waals surface area contributed by atoms with E-state index in [4.69, 9.17) is 16.3 Å². The average molecular weight is 297 g/mol. The summed E-state index contributed by atoms with van der Waals surface area (Å²) in [5.41, 5.74) is 0.844. The van der Waals surface area contributed by atoms with Gasteiger partial charge in [0, 0.05) is 29.7 Å². The first-order valence-electron chi connectivity index (χ1n) is 6.91. The van der Waals surface area contributed by atoms with E-state index in [-0.39, 0.29) is 5.91 Å². The van der Waals surface area contributed by atoms with Crippen molar-refractivity contribution in [3.8, 4) is 5.75 Å². The van der Waals surface area contributed by atoms with Crippen LogP contribution >= 0.6 is 11.6 Å². The summed E-state index contributed by atoms with van der Waals surface area (Å²) in [6.45, 7) is 1.61. The van der Waals surface area contributed by atoms with Gasteiger partial charge in [-0.1, -0.05) is 11.6 Å². The first-order chi connectivity index (χ1) is 9.63. The highest BCUT2D eigenvalue weighted by atomic mass is 35.5. The van der Waals surface area contributed by atoms with E-state index in [9.17, 15) is 4.79 Å². The van der Waals surface area contributed by atoms with E-state index < -0.39 is 0 Å². The van der Waals surface area contributed by atoms with Crippen molar-refractivity contribution in [3.63, 3.8) is 0 Å². The fraction of sp³-hybridized carbons (Fsp3) is 0.533.